The van der Waals surface area contributed by atoms with Crippen LogP contribution in [0.5, 0.6) is 5.88 Å². The lowest BCUT2D eigenvalue weighted by Crippen LogP contribution is -2.37. The van der Waals surface area contributed by atoms with Gasteiger partial charge in [-0.15, -0.1) is 0 Å². The Morgan fingerprint density at radius 3 is 2.89 bits per heavy atom. The molecule has 0 radical (unpaired) electrons. The van der Waals surface area contributed by atoms with Gasteiger partial charge in [-0.25, -0.2) is 14.4 Å². The third-order valence-electron chi connectivity index (χ3n) is 4.98. The van der Waals surface area contributed by atoms with E-state index in [4.69, 9.17) is 19.8 Å². The van der Waals surface area contributed by atoms with Gasteiger partial charge in [-0.05, 0) is 30.7 Å². The number of fused-ring (bicyclic) bond motifs is 1. The molecule has 0 fully saturated rings. The molecule has 1 aromatic carbocycles. The zero-order valence-electron chi connectivity index (χ0n) is 18.5. The standard InChI is InChI=1S/C23H20FN7O4/c1-13-15(3-2-4-17(13)24)20-29-21-16(11-27-31-21)23(30-20)35-18(12-34-8-7-32)22(33)28-19-6-5-14(9-25)10-26-19/h2-6,10-11,18,32H,7-8,12H2,1H3,(H,26,28,33)(H,27,29,30,31)/t18-/m0/s1. The minimum absolute atomic E-state index is 0.0130. The van der Waals surface area contributed by atoms with Crippen molar-refractivity contribution in [1.29, 1.82) is 5.26 Å². The number of aromatic amines is 1. The summed E-state index contributed by atoms with van der Waals surface area (Å²) in [6.45, 7) is 1.14. The fraction of sp³-hybridized carbons (Fsp3) is 0.217. The molecule has 11 nitrogen and oxygen atoms in total. The van der Waals surface area contributed by atoms with Gasteiger partial charge in [-0.2, -0.15) is 15.3 Å². The van der Waals surface area contributed by atoms with Gasteiger partial charge in [0.1, 0.15) is 23.1 Å². The summed E-state index contributed by atoms with van der Waals surface area (Å²) in [6, 6.07) is 9.48. The first-order chi connectivity index (χ1) is 17.0. The van der Waals surface area contributed by atoms with Crippen LogP contribution in [0.1, 0.15) is 11.1 Å². The first kappa shape index (κ1) is 23.7. The van der Waals surface area contributed by atoms with E-state index in [9.17, 15) is 9.18 Å². The number of aromatic nitrogens is 5. The van der Waals surface area contributed by atoms with E-state index in [0.717, 1.165) is 0 Å². The molecule has 1 amide bonds. The van der Waals surface area contributed by atoms with Crippen LogP contribution in [0.25, 0.3) is 22.4 Å². The van der Waals surface area contributed by atoms with Crippen molar-refractivity contribution < 1.29 is 23.8 Å². The van der Waals surface area contributed by atoms with Gasteiger partial charge < -0.3 is 19.9 Å². The maximum absolute atomic E-state index is 14.1. The van der Waals surface area contributed by atoms with Crippen LogP contribution in [0.15, 0.2) is 42.7 Å². The maximum Gasteiger partial charge on any atom is 0.269 e. The highest BCUT2D eigenvalue weighted by Crippen LogP contribution is 2.28. The van der Waals surface area contributed by atoms with E-state index < -0.39 is 17.8 Å². The zero-order valence-corrected chi connectivity index (χ0v) is 18.5. The normalized spacial score (nSPS) is 11.7. The zero-order chi connectivity index (χ0) is 24.8. The lowest BCUT2D eigenvalue weighted by molar-refractivity contribution is -0.125. The summed E-state index contributed by atoms with van der Waals surface area (Å²) in [5.74, 6) is -0.598. The van der Waals surface area contributed by atoms with Crippen molar-refractivity contribution in [3.8, 4) is 23.3 Å². The largest absolute Gasteiger partial charge is 0.461 e. The summed E-state index contributed by atoms with van der Waals surface area (Å²) in [5, 5.41) is 27.7. The number of ether oxygens (including phenoxy) is 2. The average Bonchev–Trinajstić information content (AvgIpc) is 3.34. The van der Waals surface area contributed by atoms with Gasteiger partial charge >= 0.3 is 0 Å². The molecule has 0 saturated carbocycles. The Bertz CT molecular complexity index is 1390. The molecular formula is C23H20FN7O4. The molecule has 12 heteroatoms. The molecule has 3 aromatic heterocycles. The molecule has 0 aliphatic carbocycles. The minimum atomic E-state index is -1.20. The van der Waals surface area contributed by atoms with Crippen molar-refractivity contribution in [2.24, 2.45) is 0 Å². The predicted octanol–water partition coefficient (Wildman–Crippen LogP) is 2.13. The summed E-state index contributed by atoms with van der Waals surface area (Å²) in [6.07, 6.45) is 1.56. The number of nitrogens with one attached hydrogen (secondary N) is 2. The highest BCUT2D eigenvalue weighted by molar-refractivity contribution is 5.94. The topological polar surface area (TPSA) is 159 Å². The van der Waals surface area contributed by atoms with Gasteiger partial charge in [0.25, 0.3) is 5.91 Å². The van der Waals surface area contributed by atoms with Crippen molar-refractivity contribution in [1.82, 2.24) is 25.1 Å². The summed E-state index contributed by atoms with van der Waals surface area (Å²) in [7, 11) is 0. The predicted molar refractivity (Wildman–Crippen MR) is 122 cm³/mol. The summed E-state index contributed by atoms with van der Waals surface area (Å²) < 4.78 is 25.4. The molecule has 0 bridgehead atoms. The minimum Gasteiger partial charge on any atom is -0.461 e. The highest BCUT2D eigenvalue weighted by Gasteiger charge is 2.25. The van der Waals surface area contributed by atoms with E-state index >= 15 is 0 Å². The van der Waals surface area contributed by atoms with Crippen LogP contribution in [0.4, 0.5) is 10.2 Å². The molecule has 0 aliphatic heterocycles. The Labute approximate surface area is 198 Å². The molecule has 0 aliphatic rings. The number of hydrogen-bond donors (Lipinski definition) is 3. The van der Waals surface area contributed by atoms with Gasteiger partial charge in [0.05, 0.1) is 31.6 Å². The molecule has 4 aromatic rings. The summed E-state index contributed by atoms with van der Waals surface area (Å²) in [5.41, 5.74) is 1.47. The number of halogens is 1. The average molecular weight is 477 g/mol. The lowest BCUT2D eigenvalue weighted by Gasteiger charge is -2.19. The number of carbonyl (C=O) groups excluding carboxylic acids is 1. The highest BCUT2D eigenvalue weighted by atomic mass is 19.1. The number of anilines is 1. The number of carbonyl (C=O) groups is 1. The molecule has 178 valence electrons. The van der Waals surface area contributed by atoms with E-state index in [-0.39, 0.29) is 37.3 Å². The molecule has 3 N–H and O–H groups in total. The van der Waals surface area contributed by atoms with Crippen LogP contribution in [0, 0.1) is 24.1 Å². The quantitative estimate of drug-likeness (QED) is 0.307. The van der Waals surface area contributed by atoms with Gasteiger partial charge in [-0.1, -0.05) is 12.1 Å². The fourth-order valence-electron chi connectivity index (χ4n) is 3.16. The number of aliphatic hydroxyl groups excluding tert-OH is 1. The van der Waals surface area contributed by atoms with E-state index in [0.29, 0.717) is 27.7 Å². The second-order valence-electron chi connectivity index (χ2n) is 7.34. The van der Waals surface area contributed by atoms with Crippen LogP contribution < -0.4 is 10.1 Å². The number of H-pyrrole nitrogens is 1. The van der Waals surface area contributed by atoms with Crippen molar-refractivity contribution >= 4 is 22.8 Å². The first-order valence-corrected chi connectivity index (χ1v) is 10.5. The van der Waals surface area contributed by atoms with Crippen LogP contribution >= 0.6 is 0 Å². The second-order valence-corrected chi connectivity index (χ2v) is 7.34. The van der Waals surface area contributed by atoms with Gasteiger partial charge in [0.15, 0.2) is 11.5 Å². The molecule has 4 rings (SSSR count). The van der Waals surface area contributed by atoms with Gasteiger partial charge in [-0.3, -0.25) is 9.89 Å². The van der Waals surface area contributed by atoms with Crippen molar-refractivity contribution in [2.45, 2.75) is 13.0 Å². The van der Waals surface area contributed by atoms with E-state index in [1.165, 1.54) is 30.6 Å². The molecular weight excluding hydrogens is 457 g/mol. The number of pyridine rings is 1. The smallest absolute Gasteiger partial charge is 0.269 e. The summed E-state index contributed by atoms with van der Waals surface area (Å²) in [4.78, 5) is 25.8. The third kappa shape index (κ3) is 5.37. The number of amides is 1. The van der Waals surface area contributed by atoms with Crippen LogP contribution in [-0.2, 0) is 9.53 Å². The maximum atomic E-state index is 14.1. The van der Waals surface area contributed by atoms with Crippen molar-refractivity contribution in [3.05, 3.63) is 59.7 Å². The van der Waals surface area contributed by atoms with Gasteiger partial charge in [0, 0.05) is 11.8 Å². The molecule has 3 heterocycles. The number of rotatable bonds is 9. The van der Waals surface area contributed by atoms with Crippen molar-refractivity contribution in [2.75, 3.05) is 25.1 Å². The molecule has 35 heavy (non-hydrogen) atoms. The van der Waals surface area contributed by atoms with E-state index in [2.05, 4.69) is 30.5 Å². The Morgan fingerprint density at radius 2 is 2.14 bits per heavy atom. The lowest BCUT2D eigenvalue weighted by atomic mass is 10.1. The molecule has 0 unspecified atom stereocenters. The van der Waals surface area contributed by atoms with Crippen LogP contribution in [0.3, 0.4) is 0 Å². The number of aliphatic hydroxyl groups is 1. The third-order valence-corrected chi connectivity index (χ3v) is 4.98. The Morgan fingerprint density at radius 1 is 1.29 bits per heavy atom. The molecule has 1 atom stereocenters. The Kier molecular flexibility index (Phi) is 7.20. The number of benzene rings is 1. The van der Waals surface area contributed by atoms with Gasteiger partial charge in [0.2, 0.25) is 12.0 Å². The van der Waals surface area contributed by atoms with Crippen LogP contribution in [0.2, 0.25) is 0 Å². The Balaban J connectivity index is 1.66. The summed E-state index contributed by atoms with van der Waals surface area (Å²) >= 11 is 0. The number of nitrogens with zero attached hydrogens (tertiary/aromatic N) is 5. The van der Waals surface area contributed by atoms with E-state index in [1.807, 2.05) is 6.07 Å². The van der Waals surface area contributed by atoms with Crippen molar-refractivity contribution in [3.63, 3.8) is 0 Å². The number of nitriles is 1. The molecule has 0 spiro atoms. The first-order valence-electron chi connectivity index (χ1n) is 10.5. The SMILES string of the molecule is Cc1c(F)cccc1-c1nc(O[C@@H](COCCO)C(=O)Nc2ccc(C#N)cn2)c2cn[nH]c2n1. The second kappa shape index (κ2) is 10.6. The number of hydrogen-bond acceptors (Lipinski definition) is 9. The molecule has 0 saturated heterocycles. The van der Waals surface area contributed by atoms with Crippen LogP contribution in [-0.4, -0.2) is 62.1 Å². The Hall–Kier alpha value is -4.47. The monoisotopic (exact) mass is 477 g/mol. The van der Waals surface area contributed by atoms with E-state index in [1.54, 1.807) is 19.1 Å². The fourth-order valence-corrected chi connectivity index (χ4v) is 3.16.